The first-order chi connectivity index (χ1) is 9.69. The van der Waals surface area contributed by atoms with Crippen molar-refractivity contribution < 1.29 is 23.4 Å². The summed E-state index contributed by atoms with van der Waals surface area (Å²) >= 11 is 0. The predicted octanol–water partition coefficient (Wildman–Crippen LogP) is 2.73. The first-order valence-electron chi connectivity index (χ1n) is 6.04. The van der Waals surface area contributed by atoms with Gasteiger partial charge in [0.2, 0.25) is 5.75 Å². The van der Waals surface area contributed by atoms with E-state index in [4.69, 9.17) is 18.6 Å². The fraction of sp³-hybridized carbons (Fsp3) is 0.267. The van der Waals surface area contributed by atoms with Crippen LogP contribution >= 0.6 is 0 Å². The molecular formula is C15H16O5. The van der Waals surface area contributed by atoms with E-state index in [1.807, 2.05) is 0 Å². The Labute approximate surface area is 117 Å². The lowest BCUT2D eigenvalue weighted by molar-refractivity contribution is 0.0992. The molecule has 1 heterocycles. The quantitative estimate of drug-likeness (QED) is 0.759. The number of Topliss-reactive ketones (excluding diaryl/α,β-unsaturated/α-hetero) is 1. The molecule has 2 rings (SSSR count). The summed E-state index contributed by atoms with van der Waals surface area (Å²) in [7, 11) is 4.62. The minimum atomic E-state index is -0.0342. The van der Waals surface area contributed by atoms with Crippen LogP contribution in [0.3, 0.4) is 0 Å². The highest BCUT2D eigenvalue weighted by molar-refractivity contribution is 5.97. The zero-order valence-corrected chi connectivity index (χ0v) is 11.6. The second-order valence-electron chi connectivity index (χ2n) is 4.15. The molecule has 0 atom stereocenters. The summed E-state index contributed by atoms with van der Waals surface area (Å²) in [5, 5.41) is 0. The molecule has 5 nitrogen and oxygen atoms in total. The Morgan fingerprint density at radius 2 is 1.75 bits per heavy atom. The van der Waals surface area contributed by atoms with Crippen LogP contribution in [0.4, 0.5) is 0 Å². The number of methoxy groups -OCH3 is 3. The normalized spacial score (nSPS) is 10.2. The largest absolute Gasteiger partial charge is 0.493 e. The fourth-order valence-corrected chi connectivity index (χ4v) is 1.95. The van der Waals surface area contributed by atoms with Crippen molar-refractivity contribution in [3.63, 3.8) is 0 Å². The van der Waals surface area contributed by atoms with E-state index in [1.54, 1.807) is 32.4 Å². The smallest absolute Gasteiger partial charge is 0.203 e. The lowest BCUT2D eigenvalue weighted by atomic mass is 10.0. The summed E-state index contributed by atoms with van der Waals surface area (Å²) in [6, 6.07) is 5.17. The number of benzene rings is 1. The Balaban J connectivity index is 2.30. The van der Waals surface area contributed by atoms with Crippen LogP contribution < -0.4 is 14.2 Å². The topological polar surface area (TPSA) is 57.9 Å². The lowest BCUT2D eigenvalue weighted by Crippen LogP contribution is -2.04. The molecule has 20 heavy (non-hydrogen) atoms. The number of rotatable bonds is 6. The van der Waals surface area contributed by atoms with Crippen molar-refractivity contribution in [1.29, 1.82) is 0 Å². The minimum Gasteiger partial charge on any atom is -0.493 e. The van der Waals surface area contributed by atoms with Gasteiger partial charge in [0.15, 0.2) is 17.3 Å². The van der Waals surface area contributed by atoms with E-state index in [9.17, 15) is 4.79 Å². The number of furan rings is 1. The molecule has 0 saturated carbocycles. The van der Waals surface area contributed by atoms with Crippen molar-refractivity contribution in [1.82, 2.24) is 0 Å². The Morgan fingerprint density at radius 3 is 2.20 bits per heavy atom. The van der Waals surface area contributed by atoms with Gasteiger partial charge in [-0.05, 0) is 23.8 Å². The minimum absolute atomic E-state index is 0.0342. The highest BCUT2D eigenvalue weighted by atomic mass is 16.5. The SMILES string of the molecule is COc1cc(CC(=O)c2ccoc2)cc(OC)c1OC. The molecule has 0 saturated heterocycles. The maximum absolute atomic E-state index is 12.1. The van der Waals surface area contributed by atoms with E-state index < -0.39 is 0 Å². The van der Waals surface area contributed by atoms with Crippen molar-refractivity contribution in [3.05, 3.63) is 41.9 Å². The van der Waals surface area contributed by atoms with Crippen LogP contribution in [0.1, 0.15) is 15.9 Å². The molecular weight excluding hydrogens is 260 g/mol. The second-order valence-corrected chi connectivity index (χ2v) is 4.15. The van der Waals surface area contributed by atoms with Crippen LogP contribution in [0.25, 0.3) is 0 Å². The van der Waals surface area contributed by atoms with Gasteiger partial charge in [-0.25, -0.2) is 0 Å². The molecule has 0 aliphatic rings. The maximum Gasteiger partial charge on any atom is 0.203 e. The highest BCUT2D eigenvalue weighted by Crippen LogP contribution is 2.38. The number of ketones is 1. The molecule has 0 amide bonds. The Hall–Kier alpha value is -2.43. The van der Waals surface area contributed by atoms with Gasteiger partial charge in [0.05, 0.1) is 33.2 Å². The van der Waals surface area contributed by atoms with Crippen molar-refractivity contribution in [2.75, 3.05) is 21.3 Å². The maximum atomic E-state index is 12.1. The third-order valence-corrected chi connectivity index (χ3v) is 2.93. The van der Waals surface area contributed by atoms with Crippen LogP contribution in [-0.2, 0) is 6.42 Å². The third kappa shape index (κ3) is 2.77. The monoisotopic (exact) mass is 276 g/mol. The molecule has 0 bridgehead atoms. The van der Waals surface area contributed by atoms with E-state index in [2.05, 4.69) is 0 Å². The molecule has 1 aromatic heterocycles. The average molecular weight is 276 g/mol. The van der Waals surface area contributed by atoms with Gasteiger partial charge in [-0.1, -0.05) is 0 Å². The van der Waals surface area contributed by atoms with Crippen LogP contribution in [0.15, 0.2) is 35.1 Å². The summed E-state index contributed by atoms with van der Waals surface area (Å²) in [5.74, 6) is 1.53. The van der Waals surface area contributed by atoms with Gasteiger partial charge in [-0.2, -0.15) is 0 Å². The number of carbonyl (C=O) groups is 1. The standard InChI is InChI=1S/C15H16O5/c1-17-13-7-10(8-14(18-2)15(13)19-3)6-12(16)11-4-5-20-9-11/h4-5,7-9H,6H2,1-3H3. The summed E-state index contributed by atoms with van der Waals surface area (Å²) in [6.45, 7) is 0. The van der Waals surface area contributed by atoms with Crippen LogP contribution in [-0.4, -0.2) is 27.1 Å². The summed E-state index contributed by atoms with van der Waals surface area (Å²) < 4.78 is 20.7. The average Bonchev–Trinajstić information content (AvgIpc) is 3.00. The Bertz CT molecular complexity index is 561. The van der Waals surface area contributed by atoms with Gasteiger partial charge in [-0.3, -0.25) is 4.79 Å². The molecule has 5 heteroatoms. The predicted molar refractivity (Wildman–Crippen MR) is 72.8 cm³/mol. The molecule has 0 unspecified atom stereocenters. The summed E-state index contributed by atoms with van der Waals surface area (Å²) in [4.78, 5) is 12.1. The highest BCUT2D eigenvalue weighted by Gasteiger charge is 2.15. The van der Waals surface area contributed by atoms with Crippen molar-refractivity contribution in [2.45, 2.75) is 6.42 Å². The molecule has 0 fully saturated rings. The van der Waals surface area contributed by atoms with Gasteiger partial charge >= 0.3 is 0 Å². The number of carbonyl (C=O) groups excluding carboxylic acids is 1. The van der Waals surface area contributed by atoms with Gasteiger partial charge < -0.3 is 18.6 Å². The van der Waals surface area contributed by atoms with Crippen LogP contribution in [0, 0.1) is 0 Å². The molecule has 0 spiro atoms. The fourth-order valence-electron chi connectivity index (χ4n) is 1.95. The molecule has 0 aliphatic carbocycles. The molecule has 106 valence electrons. The van der Waals surface area contributed by atoms with Gasteiger partial charge in [0, 0.05) is 6.42 Å². The van der Waals surface area contributed by atoms with E-state index in [1.165, 1.54) is 19.6 Å². The van der Waals surface area contributed by atoms with Gasteiger partial charge in [-0.15, -0.1) is 0 Å². The third-order valence-electron chi connectivity index (χ3n) is 2.93. The second kappa shape index (κ2) is 6.14. The van der Waals surface area contributed by atoms with E-state index in [0.717, 1.165) is 5.56 Å². The first-order valence-corrected chi connectivity index (χ1v) is 6.04. The number of hydrogen-bond donors (Lipinski definition) is 0. The van der Waals surface area contributed by atoms with Crippen molar-refractivity contribution >= 4 is 5.78 Å². The number of hydrogen-bond acceptors (Lipinski definition) is 5. The lowest BCUT2D eigenvalue weighted by Gasteiger charge is -2.13. The van der Waals surface area contributed by atoms with Gasteiger partial charge in [0.25, 0.3) is 0 Å². The molecule has 0 N–H and O–H groups in total. The first kappa shape index (κ1) is 14.0. The van der Waals surface area contributed by atoms with E-state index in [-0.39, 0.29) is 12.2 Å². The molecule has 0 aliphatic heterocycles. The zero-order valence-electron chi connectivity index (χ0n) is 11.6. The molecule has 0 radical (unpaired) electrons. The van der Waals surface area contributed by atoms with Crippen LogP contribution in [0.5, 0.6) is 17.2 Å². The van der Waals surface area contributed by atoms with Crippen molar-refractivity contribution in [2.24, 2.45) is 0 Å². The Morgan fingerprint density at radius 1 is 1.10 bits per heavy atom. The summed E-state index contributed by atoms with van der Waals surface area (Å²) in [6.07, 6.45) is 3.14. The molecule has 1 aromatic carbocycles. The Kier molecular flexibility index (Phi) is 4.30. The van der Waals surface area contributed by atoms with E-state index >= 15 is 0 Å². The number of ether oxygens (including phenoxy) is 3. The summed E-state index contributed by atoms with van der Waals surface area (Å²) in [5.41, 5.74) is 1.32. The molecule has 2 aromatic rings. The van der Waals surface area contributed by atoms with Crippen molar-refractivity contribution in [3.8, 4) is 17.2 Å². The van der Waals surface area contributed by atoms with Gasteiger partial charge in [0.1, 0.15) is 6.26 Å². The van der Waals surface area contributed by atoms with Crippen LogP contribution in [0.2, 0.25) is 0 Å². The van der Waals surface area contributed by atoms with E-state index in [0.29, 0.717) is 22.8 Å². The zero-order chi connectivity index (χ0) is 14.5.